The fraction of sp³-hybridized carbons (Fsp3) is 0.476. The molecule has 12 heteroatoms. The number of primary amides is 1. The molecule has 0 aromatic carbocycles. The third-order valence-electron chi connectivity index (χ3n) is 6.05. The van der Waals surface area contributed by atoms with Crippen LogP contribution < -0.4 is 16.0 Å². The molecule has 0 radical (unpaired) electrons. The molecule has 33 heavy (non-hydrogen) atoms. The quantitative estimate of drug-likeness (QED) is 0.615. The van der Waals surface area contributed by atoms with Crippen molar-refractivity contribution in [1.29, 1.82) is 0 Å². The van der Waals surface area contributed by atoms with Gasteiger partial charge in [-0.1, -0.05) is 0 Å². The SMILES string of the molecule is Cn1cc(S(=O)(=O)N2CCC(C(=O)Nc3ccc(N4CCOCC4)nc3)CC2)cc1C(N)=O. The first-order chi connectivity index (χ1) is 15.8. The lowest BCUT2D eigenvalue weighted by Crippen LogP contribution is -2.41. The minimum Gasteiger partial charge on any atom is -0.378 e. The number of rotatable bonds is 6. The lowest BCUT2D eigenvalue weighted by atomic mass is 9.97. The molecular formula is C21H28N6O5S. The molecule has 4 heterocycles. The van der Waals surface area contributed by atoms with Crippen molar-refractivity contribution in [2.24, 2.45) is 18.7 Å². The molecule has 2 aliphatic heterocycles. The van der Waals surface area contributed by atoms with Gasteiger partial charge in [0, 0.05) is 45.3 Å². The van der Waals surface area contributed by atoms with E-state index in [9.17, 15) is 18.0 Å². The number of morpholine rings is 1. The number of ether oxygens (including phenoxy) is 1. The van der Waals surface area contributed by atoms with Gasteiger partial charge in [-0.25, -0.2) is 13.4 Å². The topological polar surface area (TPSA) is 140 Å². The van der Waals surface area contributed by atoms with Crippen molar-refractivity contribution in [3.8, 4) is 0 Å². The number of nitrogens with one attached hydrogen (secondary N) is 1. The van der Waals surface area contributed by atoms with Crippen molar-refractivity contribution in [3.63, 3.8) is 0 Å². The molecule has 4 rings (SSSR count). The van der Waals surface area contributed by atoms with Gasteiger partial charge in [-0.15, -0.1) is 0 Å². The van der Waals surface area contributed by atoms with Gasteiger partial charge < -0.3 is 25.3 Å². The van der Waals surface area contributed by atoms with Crippen molar-refractivity contribution in [2.45, 2.75) is 17.7 Å². The Morgan fingerprint density at radius 2 is 1.85 bits per heavy atom. The molecule has 0 unspecified atom stereocenters. The molecule has 0 spiro atoms. The number of hydrogen-bond donors (Lipinski definition) is 2. The molecule has 11 nitrogen and oxygen atoms in total. The second-order valence-electron chi connectivity index (χ2n) is 8.21. The monoisotopic (exact) mass is 476 g/mol. The Morgan fingerprint density at radius 3 is 2.42 bits per heavy atom. The molecule has 2 aromatic heterocycles. The van der Waals surface area contributed by atoms with E-state index in [1.807, 2.05) is 12.1 Å². The van der Waals surface area contributed by atoms with E-state index in [1.54, 1.807) is 13.2 Å². The number of nitrogens with zero attached hydrogens (tertiary/aromatic N) is 4. The van der Waals surface area contributed by atoms with Crippen molar-refractivity contribution in [1.82, 2.24) is 13.9 Å². The molecule has 0 saturated carbocycles. The molecular weight excluding hydrogens is 448 g/mol. The highest BCUT2D eigenvalue weighted by Crippen LogP contribution is 2.26. The Labute approximate surface area is 192 Å². The first kappa shape index (κ1) is 23.2. The number of sulfonamides is 1. The van der Waals surface area contributed by atoms with Crippen LogP contribution in [0.1, 0.15) is 23.3 Å². The zero-order valence-corrected chi connectivity index (χ0v) is 19.3. The van der Waals surface area contributed by atoms with Crippen molar-refractivity contribution in [3.05, 3.63) is 36.3 Å². The number of anilines is 2. The van der Waals surface area contributed by atoms with E-state index in [1.165, 1.54) is 21.1 Å². The number of aromatic nitrogens is 2. The van der Waals surface area contributed by atoms with Crippen LogP contribution in [0.3, 0.4) is 0 Å². The first-order valence-electron chi connectivity index (χ1n) is 10.8. The molecule has 2 fully saturated rings. The summed E-state index contributed by atoms with van der Waals surface area (Å²) in [5.74, 6) is -0.298. The van der Waals surface area contributed by atoms with Crippen LogP contribution in [-0.2, 0) is 26.6 Å². The Kier molecular flexibility index (Phi) is 6.68. The van der Waals surface area contributed by atoms with Crippen LogP contribution in [0.5, 0.6) is 0 Å². The second kappa shape index (κ2) is 9.49. The number of carbonyl (C=O) groups is 2. The number of hydrogen-bond acceptors (Lipinski definition) is 7. The molecule has 2 aromatic rings. The molecule has 0 bridgehead atoms. The molecule has 0 aliphatic carbocycles. The van der Waals surface area contributed by atoms with Gasteiger partial charge in [-0.3, -0.25) is 9.59 Å². The number of carbonyl (C=O) groups excluding carboxylic acids is 2. The summed E-state index contributed by atoms with van der Waals surface area (Å²) in [6.07, 6.45) is 3.82. The highest BCUT2D eigenvalue weighted by Gasteiger charge is 2.33. The molecule has 2 amide bonds. The molecule has 3 N–H and O–H groups in total. The second-order valence-corrected chi connectivity index (χ2v) is 10.1. The fourth-order valence-corrected chi connectivity index (χ4v) is 5.65. The van der Waals surface area contributed by atoms with Gasteiger partial charge in [0.05, 0.1) is 25.1 Å². The molecule has 178 valence electrons. The standard InChI is InChI=1S/C21H28N6O5S/c1-25-14-17(12-18(25)20(22)28)33(30,31)27-6-4-15(5-7-27)21(29)24-16-2-3-19(23-13-16)26-8-10-32-11-9-26/h2-3,12-15H,4-11H2,1H3,(H2,22,28)(H,24,29). The van der Waals surface area contributed by atoms with E-state index in [-0.39, 0.29) is 35.5 Å². The van der Waals surface area contributed by atoms with E-state index < -0.39 is 15.9 Å². The van der Waals surface area contributed by atoms with Crippen LogP contribution in [0.4, 0.5) is 11.5 Å². The van der Waals surface area contributed by atoms with Crippen LogP contribution in [0.15, 0.2) is 35.5 Å². The smallest absolute Gasteiger partial charge is 0.265 e. The van der Waals surface area contributed by atoms with E-state index in [0.717, 1.165) is 18.9 Å². The van der Waals surface area contributed by atoms with E-state index in [0.29, 0.717) is 31.7 Å². The van der Waals surface area contributed by atoms with Crippen molar-refractivity contribution < 1.29 is 22.7 Å². The molecule has 0 atom stereocenters. The summed E-state index contributed by atoms with van der Waals surface area (Å²) in [6.45, 7) is 3.35. The average Bonchev–Trinajstić information content (AvgIpc) is 3.23. The Morgan fingerprint density at radius 1 is 1.15 bits per heavy atom. The fourth-order valence-electron chi connectivity index (χ4n) is 4.11. The van der Waals surface area contributed by atoms with E-state index in [2.05, 4.69) is 15.2 Å². The minimum atomic E-state index is -3.77. The van der Waals surface area contributed by atoms with Gasteiger partial charge in [-0.05, 0) is 31.0 Å². The Hall–Kier alpha value is -2.96. The number of amides is 2. The summed E-state index contributed by atoms with van der Waals surface area (Å²) in [5.41, 5.74) is 6.01. The van der Waals surface area contributed by atoms with Gasteiger partial charge in [0.1, 0.15) is 16.4 Å². The van der Waals surface area contributed by atoms with Gasteiger partial charge in [0.25, 0.3) is 5.91 Å². The maximum absolute atomic E-state index is 12.9. The predicted octanol–water partition coefficient (Wildman–Crippen LogP) is 0.395. The number of piperidine rings is 1. The largest absolute Gasteiger partial charge is 0.378 e. The predicted molar refractivity (Wildman–Crippen MR) is 121 cm³/mol. The average molecular weight is 477 g/mol. The summed E-state index contributed by atoms with van der Waals surface area (Å²) < 4.78 is 34.0. The summed E-state index contributed by atoms with van der Waals surface area (Å²) in [6, 6.07) is 4.97. The Balaban J connectivity index is 1.33. The van der Waals surface area contributed by atoms with Gasteiger partial charge in [0.2, 0.25) is 15.9 Å². The minimum absolute atomic E-state index is 0.0214. The number of pyridine rings is 1. The molecule has 2 saturated heterocycles. The van der Waals surface area contributed by atoms with Crippen LogP contribution in [0.2, 0.25) is 0 Å². The zero-order chi connectivity index (χ0) is 23.6. The lowest BCUT2D eigenvalue weighted by molar-refractivity contribution is -0.120. The third kappa shape index (κ3) is 5.02. The summed E-state index contributed by atoms with van der Waals surface area (Å²) in [4.78, 5) is 30.7. The van der Waals surface area contributed by atoms with Gasteiger partial charge in [-0.2, -0.15) is 4.31 Å². The lowest BCUT2D eigenvalue weighted by Gasteiger charge is -2.30. The van der Waals surface area contributed by atoms with Crippen LogP contribution in [-0.4, -0.2) is 73.5 Å². The Bertz CT molecular complexity index is 1120. The van der Waals surface area contributed by atoms with Gasteiger partial charge in [0.15, 0.2) is 0 Å². The van der Waals surface area contributed by atoms with Gasteiger partial charge >= 0.3 is 0 Å². The maximum atomic E-state index is 12.9. The highest BCUT2D eigenvalue weighted by atomic mass is 32.2. The maximum Gasteiger partial charge on any atom is 0.265 e. The van der Waals surface area contributed by atoms with Crippen molar-refractivity contribution in [2.75, 3.05) is 49.6 Å². The van der Waals surface area contributed by atoms with E-state index >= 15 is 0 Å². The van der Waals surface area contributed by atoms with Crippen molar-refractivity contribution >= 4 is 33.3 Å². The third-order valence-corrected chi connectivity index (χ3v) is 7.91. The normalized spacial score (nSPS) is 18.3. The van der Waals surface area contributed by atoms with E-state index in [4.69, 9.17) is 10.5 Å². The first-order valence-corrected chi connectivity index (χ1v) is 12.3. The zero-order valence-electron chi connectivity index (χ0n) is 18.4. The van der Waals surface area contributed by atoms with Crippen LogP contribution in [0, 0.1) is 5.92 Å². The number of aryl methyl sites for hydroxylation is 1. The van der Waals surface area contributed by atoms with Crippen LogP contribution >= 0.6 is 0 Å². The summed E-state index contributed by atoms with van der Waals surface area (Å²) in [5, 5.41) is 2.88. The summed E-state index contributed by atoms with van der Waals surface area (Å²) in [7, 11) is -2.20. The highest BCUT2D eigenvalue weighted by molar-refractivity contribution is 7.89. The number of nitrogens with two attached hydrogens (primary N) is 1. The molecule has 2 aliphatic rings. The van der Waals surface area contributed by atoms with Crippen LogP contribution in [0.25, 0.3) is 0 Å². The summed E-state index contributed by atoms with van der Waals surface area (Å²) >= 11 is 0.